The molecule has 0 amide bonds. The van der Waals surface area contributed by atoms with Crippen LogP contribution < -0.4 is 10.2 Å². The molecule has 1 aromatic heterocycles. The summed E-state index contributed by atoms with van der Waals surface area (Å²) in [6.45, 7) is 8.60. The van der Waals surface area contributed by atoms with Gasteiger partial charge in [-0.25, -0.2) is 0 Å². The predicted octanol–water partition coefficient (Wildman–Crippen LogP) is 2.79. The first-order valence-corrected chi connectivity index (χ1v) is 7.67. The van der Waals surface area contributed by atoms with Crippen LogP contribution in [0.1, 0.15) is 40.0 Å². The van der Waals surface area contributed by atoms with Crippen molar-refractivity contribution in [2.75, 3.05) is 30.4 Å². The van der Waals surface area contributed by atoms with Gasteiger partial charge in [-0.1, -0.05) is 32.5 Å². The van der Waals surface area contributed by atoms with Crippen LogP contribution in [-0.4, -0.2) is 39.8 Å². The van der Waals surface area contributed by atoms with Crippen LogP contribution in [0.4, 0.5) is 11.9 Å². The fraction of sp³-hybridized carbons (Fsp3) is 0.769. The molecule has 1 saturated heterocycles. The van der Waals surface area contributed by atoms with Crippen molar-refractivity contribution >= 4 is 23.7 Å². The van der Waals surface area contributed by atoms with Gasteiger partial charge in [-0.3, -0.25) is 0 Å². The SMILES string of the molecule is CNc1nc(SC(C)(C)C)nc(N2CCCCC2)n1. The number of nitrogens with one attached hydrogen (secondary N) is 1. The summed E-state index contributed by atoms with van der Waals surface area (Å²) < 4.78 is 0.103. The molecule has 0 radical (unpaired) electrons. The van der Waals surface area contributed by atoms with E-state index in [0.29, 0.717) is 5.95 Å². The molecule has 1 N–H and O–H groups in total. The lowest BCUT2D eigenvalue weighted by molar-refractivity contribution is 0.565. The molecule has 1 fully saturated rings. The van der Waals surface area contributed by atoms with Crippen molar-refractivity contribution in [1.29, 1.82) is 0 Å². The molecule has 19 heavy (non-hydrogen) atoms. The highest BCUT2D eigenvalue weighted by Gasteiger charge is 2.19. The molecule has 0 unspecified atom stereocenters. The Morgan fingerprint density at radius 3 is 2.32 bits per heavy atom. The van der Waals surface area contributed by atoms with Crippen molar-refractivity contribution in [2.24, 2.45) is 0 Å². The van der Waals surface area contributed by atoms with E-state index in [2.05, 4.69) is 45.9 Å². The van der Waals surface area contributed by atoms with Gasteiger partial charge in [0, 0.05) is 24.9 Å². The Kier molecular flexibility index (Phi) is 4.50. The molecule has 2 rings (SSSR count). The maximum atomic E-state index is 4.62. The first-order valence-electron chi connectivity index (χ1n) is 6.86. The van der Waals surface area contributed by atoms with Gasteiger partial charge in [0.05, 0.1) is 0 Å². The third-order valence-electron chi connectivity index (χ3n) is 2.86. The normalized spacial score (nSPS) is 16.5. The highest BCUT2D eigenvalue weighted by Crippen LogP contribution is 2.30. The van der Waals surface area contributed by atoms with Gasteiger partial charge in [-0.05, 0) is 19.3 Å². The molecule has 6 heteroatoms. The lowest BCUT2D eigenvalue weighted by Crippen LogP contribution is -2.31. The topological polar surface area (TPSA) is 53.9 Å². The number of hydrogen-bond donors (Lipinski definition) is 1. The van der Waals surface area contributed by atoms with Crippen molar-refractivity contribution in [3.05, 3.63) is 0 Å². The molecular formula is C13H23N5S. The van der Waals surface area contributed by atoms with Crippen LogP contribution in [0.25, 0.3) is 0 Å². The summed E-state index contributed by atoms with van der Waals surface area (Å²) >= 11 is 1.68. The van der Waals surface area contributed by atoms with Crippen LogP contribution in [0.3, 0.4) is 0 Å². The predicted molar refractivity (Wildman–Crippen MR) is 81.0 cm³/mol. The van der Waals surface area contributed by atoms with Gasteiger partial charge in [0.15, 0.2) is 5.16 Å². The van der Waals surface area contributed by atoms with Gasteiger partial charge in [0.1, 0.15) is 0 Å². The van der Waals surface area contributed by atoms with Gasteiger partial charge in [0.2, 0.25) is 11.9 Å². The largest absolute Gasteiger partial charge is 0.357 e. The van der Waals surface area contributed by atoms with Crippen molar-refractivity contribution in [3.8, 4) is 0 Å². The van der Waals surface area contributed by atoms with E-state index in [1.807, 2.05) is 7.05 Å². The Labute approximate surface area is 119 Å². The fourth-order valence-electron chi connectivity index (χ4n) is 2.01. The summed E-state index contributed by atoms with van der Waals surface area (Å²) in [5.74, 6) is 1.47. The molecule has 1 aliphatic rings. The van der Waals surface area contributed by atoms with Gasteiger partial charge in [-0.2, -0.15) is 15.0 Å². The summed E-state index contributed by atoms with van der Waals surface area (Å²) in [7, 11) is 1.85. The average molecular weight is 281 g/mol. The van der Waals surface area contributed by atoms with Crippen molar-refractivity contribution in [2.45, 2.75) is 49.9 Å². The highest BCUT2D eigenvalue weighted by atomic mass is 32.2. The second-order valence-electron chi connectivity index (χ2n) is 5.75. The Hall–Kier alpha value is -1.04. The molecule has 2 heterocycles. The molecule has 1 aliphatic heterocycles. The Balaban J connectivity index is 2.24. The first-order chi connectivity index (χ1) is 8.98. The maximum absolute atomic E-state index is 4.62. The van der Waals surface area contributed by atoms with Crippen LogP contribution in [0.15, 0.2) is 5.16 Å². The number of nitrogens with zero attached hydrogens (tertiary/aromatic N) is 4. The monoisotopic (exact) mass is 281 g/mol. The number of hydrogen-bond acceptors (Lipinski definition) is 6. The summed E-state index contributed by atoms with van der Waals surface area (Å²) in [4.78, 5) is 15.8. The fourth-order valence-corrected chi connectivity index (χ4v) is 2.82. The van der Waals surface area contributed by atoms with Crippen LogP contribution in [-0.2, 0) is 0 Å². The van der Waals surface area contributed by atoms with E-state index in [4.69, 9.17) is 0 Å². The third kappa shape index (κ3) is 4.23. The molecule has 0 aromatic carbocycles. The third-order valence-corrected chi connectivity index (χ3v) is 3.84. The van der Waals surface area contributed by atoms with Crippen LogP contribution >= 0.6 is 11.8 Å². The lowest BCUT2D eigenvalue weighted by Gasteiger charge is -2.27. The van der Waals surface area contributed by atoms with Crippen molar-refractivity contribution < 1.29 is 0 Å². The minimum Gasteiger partial charge on any atom is -0.357 e. The molecule has 0 atom stereocenters. The molecule has 5 nitrogen and oxygen atoms in total. The number of aromatic nitrogens is 3. The molecule has 106 valence electrons. The Morgan fingerprint density at radius 1 is 1.05 bits per heavy atom. The van der Waals surface area contributed by atoms with E-state index < -0.39 is 0 Å². The quantitative estimate of drug-likeness (QED) is 0.860. The molecular weight excluding hydrogens is 258 g/mol. The summed E-state index contributed by atoms with van der Waals surface area (Å²) in [6, 6.07) is 0. The van der Waals surface area contributed by atoms with Crippen LogP contribution in [0, 0.1) is 0 Å². The summed E-state index contributed by atoms with van der Waals surface area (Å²) in [6.07, 6.45) is 3.76. The second-order valence-corrected chi connectivity index (χ2v) is 7.55. The smallest absolute Gasteiger partial charge is 0.231 e. The molecule has 0 spiro atoms. The molecule has 1 aromatic rings. The van der Waals surface area contributed by atoms with E-state index >= 15 is 0 Å². The zero-order chi connectivity index (χ0) is 13.9. The maximum Gasteiger partial charge on any atom is 0.231 e. The minimum absolute atomic E-state index is 0.103. The summed E-state index contributed by atoms with van der Waals surface area (Å²) in [5.41, 5.74) is 0. The molecule has 0 aliphatic carbocycles. The lowest BCUT2D eigenvalue weighted by atomic mass is 10.1. The van der Waals surface area contributed by atoms with Gasteiger partial charge in [0.25, 0.3) is 0 Å². The van der Waals surface area contributed by atoms with Crippen molar-refractivity contribution in [3.63, 3.8) is 0 Å². The Morgan fingerprint density at radius 2 is 1.74 bits per heavy atom. The number of anilines is 2. The van der Waals surface area contributed by atoms with E-state index in [-0.39, 0.29) is 4.75 Å². The molecule has 0 saturated carbocycles. The van der Waals surface area contributed by atoms with E-state index in [0.717, 1.165) is 24.2 Å². The van der Waals surface area contributed by atoms with Gasteiger partial charge in [-0.15, -0.1) is 0 Å². The molecule has 0 bridgehead atoms. The zero-order valence-electron chi connectivity index (χ0n) is 12.2. The second kappa shape index (κ2) is 5.94. The zero-order valence-corrected chi connectivity index (χ0v) is 13.0. The number of piperidine rings is 1. The first kappa shape index (κ1) is 14.4. The van der Waals surface area contributed by atoms with E-state index in [1.54, 1.807) is 11.8 Å². The summed E-state index contributed by atoms with van der Waals surface area (Å²) in [5, 5.41) is 3.83. The Bertz CT molecular complexity index is 424. The number of thioether (sulfide) groups is 1. The highest BCUT2D eigenvalue weighted by molar-refractivity contribution is 8.00. The van der Waals surface area contributed by atoms with Gasteiger partial charge < -0.3 is 10.2 Å². The minimum atomic E-state index is 0.103. The average Bonchev–Trinajstić information content (AvgIpc) is 2.37. The standard InChI is InChI=1S/C13H23N5S/c1-13(2,3)19-12-16-10(14-4)15-11(17-12)18-8-6-5-7-9-18/h5-9H2,1-4H3,(H,14,15,16,17). The van der Waals surface area contributed by atoms with E-state index in [9.17, 15) is 0 Å². The van der Waals surface area contributed by atoms with Crippen LogP contribution in [0.2, 0.25) is 0 Å². The van der Waals surface area contributed by atoms with E-state index in [1.165, 1.54) is 19.3 Å². The number of rotatable bonds is 3. The van der Waals surface area contributed by atoms with Crippen LogP contribution in [0.5, 0.6) is 0 Å². The van der Waals surface area contributed by atoms with Gasteiger partial charge >= 0.3 is 0 Å². The van der Waals surface area contributed by atoms with Crippen molar-refractivity contribution in [1.82, 2.24) is 15.0 Å².